The van der Waals surface area contributed by atoms with Gasteiger partial charge in [-0.25, -0.2) is 15.4 Å². The molecule has 0 aliphatic heterocycles. The Morgan fingerprint density at radius 2 is 1.91 bits per heavy atom. The number of carbonyl (C=O) groups excluding carboxylic acids is 3. The average Bonchev–Trinajstić information content (AvgIpc) is 3.20. The van der Waals surface area contributed by atoms with E-state index in [2.05, 4.69) is 20.6 Å². The van der Waals surface area contributed by atoms with E-state index in [0.717, 1.165) is 0 Å². The molecule has 2 aromatic heterocycles. The minimum Gasteiger partial charge on any atom is -0.345 e. The van der Waals surface area contributed by atoms with Crippen molar-refractivity contribution in [3.63, 3.8) is 0 Å². The summed E-state index contributed by atoms with van der Waals surface area (Å²) in [5, 5.41) is 16.9. The van der Waals surface area contributed by atoms with Gasteiger partial charge in [0.05, 0.1) is 18.6 Å². The van der Waals surface area contributed by atoms with Gasteiger partial charge in [-0.05, 0) is 0 Å². The Hall–Kier alpha value is -2.37. The first-order valence-electron chi connectivity index (χ1n) is 5.92. The molecule has 9 nitrogen and oxygen atoms in total. The van der Waals surface area contributed by atoms with Gasteiger partial charge in [-0.2, -0.15) is 0 Å². The first kappa shape index (κ1) is 16.0. The predicted octanol–water partition coefficient (Wildman–Crippen LogP) is -0.382. The average molecular weight is 341 g/mol. The standard InChI is InChI=1S/C11H11N5O4S2/c17-8(12-2-9(18)16-20)1-13-10(19)6-4-22-11(15-6)7-3-21-5-14-7/h3-5,20H,1-2H2,(H,12,17)(H,13,19)(H,16,18). The zero-order valence-electron chi connectivity index (χ0n) is 11.0. The second kappa shape index (κ2) is 7.59. The molecule has 2 aromatic rings. The molecule has 0 spiro atoms. The van der Waals surface area contributed by atoms with E-state index >= 15 is 0 Å². The smallest absolute Gasteiger partial charge is 0.271 e. The number of carbonyl (C=O) groups is 3. The van der Waals surface area contributed by atoms with Gasteiger partial charge in [0.2, 0.25) is 5.91 Å². The minimum atomic E-state index is -0.757. The van der Waals surface area contributed by atoms with Gasteiger partial charge in [-0.1, -0.05) is 0 Å². The van der Waals surface area contributed by atoms with E-state index in [4.69, 9.17) is 5.21 Å². The molecule has 0 aliphatic carbocycles. The number of hydroxylamine groups is 1. The van der Waals surface area contributed by atoms with Crippen LogP contribution in [0.2, 0.25) is 0 Å². The fourth-order valence-corrected chi connectivity index (χ4v) is 2.72. The zero-order valence-corrected chi connectivity index (χ0v) is 12.7. The Labute approximate surface area is 132 Å². The summed E-state index contributed by atoms with van der Waals surface area (Å²) < 4.78 is 0. The quantitative estimate of drug-likeness (QED) is 0.418. The summed E-state index contributed by atoms with van der Waals surface area (Å²) in [5.41, 5.74) is 3.93. The predicted molar refractivity (Wildman–Crippen MR) is 78.5 cm³/mol. The van der Waals surface area contributed by atoms with E-state index < -0.39 is 17.7 Å². The van der Waals surface area contributed by atoms with Crippen molar-refractivity contribution in [2.24, 2.45) is 0 Å². The molecule has 0 aliphatic rings. The molecule has 2 heterocycles. The number of nitrogens with zero attached hydrogens (tertiary/aromatic N) is 2. The molecular formula is C11H11N5O4S2. The monoisotopic (exact) mass is 341 g/mol. The second-order valence-electron chi connectivity index (χ2n) is 3.91. The Kier molecular flexibility index (Phi) is 5.52. The number of aromatic nitrogens is 2. The van der Waals surface area contributed by atoms with Crippen LogP contribution >= 0.6 is 22.7 Å². The molecule has 22 heavy (non-hydrogen) atoms. The highest BCUT2D eigenvalue weighted by molar-refractivity contribution is 7.14. The summed E-state index contributed by atoms with van der Waals surface area (Å²) >= 11 is 2.71. The van der Waals surface area contributed by atoms with E-state index in [-0.39, 0.29) is 18.8 Å². The Morgan fingerprint density at radius 3 is 2.59 bits per heavy atom. The lowest BCUT2D eigenvalue weighted by Gasteiger charge is -2.04. The van der Waals surface area contributed by atoms with Gasteiger partial charge < -0.3 is 10.6 Å². The van der Waals surface area contributed by atoms with Crippen molar-refractivity contribution in [1.29, 1.82) is 0 Å². The molecule has 0 unspecified atom stereocenters. The van der Waals surface area contributed by atoms with Crippen LogP contribution in [-0.4, -0.2) is 46.0 Å². The largest absolute Gasteiger partial charge is 0.345 e. The highest BCUT2D eigenvalue weighted by atomic mass is 32.1. The Morgan fingerprint density at radius 1 is 1.14 bits per heavy atom. The first-order valence-corrected chi connectivity index (χ1v) is 7.74. The molecule has 2 rings (SSSR count). The van der Waals surface area contributed by atoms with Crippen LogP contribution in [0.25, 0.3) is 10.7 Å². The molecule has 0 fully saturated rings. The lowest BCUT2D eigenvalue weighted by atomic mass is 10.4. The normalized spacial score (nSPS) is 10.0. The topological polar surface area (TPSA) is 133 Å². The molecule has 116 valence electrons. The second-order valence-corrected chi connectivity index (χ2v) is 5.48. The van der Waals surface area contributed by atoms with Crippen LogP contribution in [0.15, 0.2) is 16.3 Å². The summed E-state index contributed by atoms with van der Waals surface area (Å²) in [5.74, 6) is -1.82. The fraction of sp³-hybridized carbons (Fsp3) is 0.182. The van der Waals surface area contributed by atoms with Crippen molar-refractivity contribution in [3.8, 4) is 10.7 Å². The van der Waals surface area contributed by atoms with E-state index in [1.165, 1.54) is 28.2 Å². The summed E-state index contributed by atoms with van der Waals surface area (Å²) in [6, 6.07) is 0. The van der Waals surface area contributed by atoms with E-state index in [9.17, 15) is 14.4 Å². The van der Waals surface area contributed by atoms with Crippen LogP contribution in [0, 0.1) is 0 Å². The number of thiazole rings is 2. The van der Waals surface area contributed by atoms with Crippen molar-refractivity contribution in [2.45, 2.75) is 0 Å². The van der Waals surface area contributed by atoms with Crippen LogP contribution in [-0.2, 0) is 9.59 Å². The fourth-order valence-electron chi connectivity index (χ4n) is 1.35. The molecule has 0 radical (unpaired) electrons. The number of hydrogen-bond acceptors (Lipinski definition) is 8. The number of amides is 3. The molecule has 0 saturated heterocycles. The van der Waals surface area contributed by atoms with Crippen LogP contribution in [0.3, 0.4) is 0 Å². The highest BCUT2D eigenvalue weighted by Crippen LogP contribution is 2.23. The molecule has 0 bridgehead atoms. The molecule has 11 heteroatoms. The summed E-state index contributed by atoms with van der Waals surface area (Å²) in [6.45, 7) is -0.684. The maximum absolute atomic E-state index is 11.8. The Bertz CT molecular complexity index is 670. The van der Waals surface area contributed by atoms with Crippen LogP contribution in [0.5, 0.6) is 0 Å². The number of nitrogens with one attached hydrogen (secondary N) is 3. The molecule has 3 amide bonds. The molecule has 0 saturated carbocycles. The number of hydrogen-bond donors (Lipinski definition) is 4. The van der Waals surface area contributed by atoms with E-state index in [1.807, 2.05) is 5.38 Å². The van der Waals surface area contributed by atoms with Gasteiger partial charge in [0.1, 0.15) is 16.4 Å². The molecule has 0 aromatic carbocycles. The lowest BCUT2D eigenvalue weighted by Crippen LogP contribution is -2.41. The van der Waals surface area contributed by atoms with Crippen LogP contribution in [0.4, 0.5) is 0 Å². The third-order valence-electron chi connectivity index (χ3n) is 2.37. The minimum absolute atomic E-state index is 0.189. The van der Waals surface area contributed by atoms with Crippen LogP contribution < -0.4 is 16.1 Å². The summed E-state index contributed by atoms with van der Waals surface area (Å²) in [7, 11) is 0. The van der Waals surface area contributed by atoms with Crippen molar-refractivity contribution in [2.75, 3.05) is 13.1 Å². The summed E-state index contributed by atoms with van der Waals surface area (Å²) in [6.07, 6.45) is 0. The number of rotatable bonds is 6. The van der Waals surface area contributed by atoms with Gasteiger partial charge in [-0.3, -0.25) is 19.6 Å². The molecule has 4 N–H and O–H groups in total. The van der Waals surface area contributed by atoms with Crippen molar-refractivity contribution in [1.82, 2.24) is 26.1 Å². The van der Waals surface area contributed by atoms with Gasteiger partial charge in [0, 0.05) is 10.8 Å². The lowest BCUT2D eigenvalue weighted by molar-refractivity contribution is -0.130. The molecular weight excluding hydrogens is 330 g/mol. The maximum Gasteiger partial charge on any atom is 0.271 e. The van der Waals surface area contributed by atoms with Gasteiger partial charge in [0.15, 0.2) is 0 Å². The van der Waals surface area contributed by atoms with Crippen molar-refractivity contribution in [3.05, 3.63) is 22.0 Å². The van der Waals surface area contributed by atoms with Gasteiger partial charge in [0.25, 0.3) is 11.8 Å². The Balaban J connectivity index is 1.82. The SMILES string of the molecule is O=C(CNC(=O)CNC(=O)c1csc(-c2cscn2)n1)NO. The van der Waals surface area contributed by atoms with Crippen molar-refractivity contribution < 1.29 is 19.6 Å². The third kappa shape index (κ3) is 4.31. The van der Waals surface area contributed by atoms with Gasteiger partial charge in [-0.15, -0.1) is 22.7 Å². The van der Waals surface area contributed by atoms with E-state index in [1.54, 1.807) is 10.9 Å². The van der Waals surface area contributed by atoms with Crippen molar-refractivity contribution >= 4 is 40.4 Å². The highest BCUT2D eigenvalue weighted by Gasteiger charge is 2.14. The first-order chi connectivity index (χ1) is 10.6. The van der Waals surface area contributed by atoms with E-state index in [0.29, 0.717) is 10.7 Å². The van der Waals surface area contributed by atoms with Gasteiger partial charge >= 0.3 is 0 Å². The molecule has 0 atom stereocenters. The third-order valence-corrected chi connectivity index (χ3v) is 3.82. The maximum atomic E-state index is 11.8. The van der Waals surface area contributed by atoms with Crippen LogP contribution in [0.1, 0.15) is 10.5 Å². The zero-order chi connectivity index (χ0) is 15.9. The summed E-state index contributed by atoms with van der Waals surface area (Å²) in [4.78, 5) is 42.2.